The van der Waals surface area contributed by atoms with Crippen molar-refractivity contribution in [3.63, 3.8) is 0 Å². The number of fused-ring (bicyclic) bond motifs is 5. The molecule has 180 valence electrons. The van der Waals surface area contributed by atoms with E-state index in [1.165, 1.54) is 24.0 Å². The van der Waals surface area contributed by atoms with E-state index in [2.05, 4.69) is 10.6 Å². The van der Waals surface area contributed by atoms with E-state index in [1.807, 2.05) is 0 Å². The molecular formula is C26H25N3O6. The molecule has 4 amide bonds. The van der Waals surface area contributed by atoms with Crippen molar-refractivity contribution in [3.05, 3.63) is 54.1 Å². The van der Waals surface area contributed by atoms with Gasteiger partial charge in [0.2, 0.25) is 17.7 Å². The number of esters is 1. The molecule has 0 aromatic heterocycles. The largest absolute Gasteiger partial charge is 0.452 e. The third-order valence-electron chi connectivity index (χ3n) is 7.09. The Kier molecular flexibility index (Phi) is 5.84. The van der Waals surface area contributed by atoms with Crippen LogP contribution in [0, 0.1) is 23.7 Å². The van der Waals surface area contributed by atoms with Crippen LogP contribution < -0.4 is 15.5 Å². The first-order valence-electron chi connectivity index (χ1n) is 11.6. The second-order valence-corrected chi connectivity index (χ2v) is 9.33. The minimum atomic E-state index is -0.734. The maximum atomic E-state index is 13.0. The highest BCUT2D eigenvalue weighted by atomic mass is 16.5. The highest BCUT2D eigenvalue weighted by Gasteiger charge is 2.61. The van der Waals surface area contributed by atoms with Crippen molar-refractivity contribution in [1.29, 1.82) is 0 Å². The molecule has 1 aliphatic heterocycles. The Hall–Kier alpha value is -4.01. The number of anilines is 3. The zero-order valence-electron chi connectivity index (χ0n) is 19.2. The van der Waals surface area contributed by atoms with Crippen molar-refractivity contribution in [2.75, 3.05) is 22.1 Å². The number of nitrogens with zero attached hydrogens (tertiary/aromatic N) is 1. The SMILES string of the molecule is CC(=O)Nc1ccc(NC(=O)COC(=O)c2cccc(N3C(=O)[C@@H]4[C@H]5CC[C@@H](C5)[C@@H]4C3=O)c2)cc1. The van der Waals surface area contributed by atoms with E-state index in [-0.39, 0.29) is 47.0 Å². The summed E-state index contributed by atoms with van der Waals surface area (Å²) in [5.74, 6) is -1.76. The molecule has 5 rings (SSSR count). The highest BCUT2D eigenvalue weighted by Crippen LogP contribution is 2.56. The second-order valence-electron chi connectivity index (χ2n) is 9.33. The van der Waals surface area contributed by atoms with Crippen LogP contribution in [0.2, 0.25) is 0 Å². The molecule has 2 aromatic carbocycles. The van der Waals surface area contributed by atoms with Gasteiger partial charge in [-0.3, -0.25) is 24.1 Å². The van der Waals surface area contributed by atoms with E-state index in [1.54, 1.807) is 36.4 Å². The van der Waals surface area contributed by atoms with Crippen molar-refractivity contribution in [2.45, 2.75) is 26.2 Å². The Bertz CT molecular complexity index is 1200. The van der Waals surface area contributed by atoms with Crippen LogP contribution in [0.4, 0.5) is 17.1 Å². The summed E-state index contributed by atoms with van der Waals surface area (Å²) in [5, 5.41) is 5.23. The monoisotopic (exact) mass is 475 g/mol. The van der Waals surface area contributed by atoms with Crippen LogP contribution in [-0.4, -0.2) is 36.2 Å². The van der Waals surface area contributed by atoms with Gasteiger partial charge in [-0.25, -0.2) is 4.79 Å². The Morgan fingerprint density at radius 1 is 0.914 bits per heavy atom. The van der Waals surface area contributed by atoms with Crippen LogP contribution in [0.15, 0.2) is 48.5 Å². The van der Waals surface area contributed by atoms with Gasteiger partial charge in [0.25, 0.3) is 5.91 Å². The number of ether oxygens (including phenoxy) is 1. The smallest absolute Gasteiger partial charge is 0.338 e. The van der Waals surface area contributed by atoms with Crippen molar-refractivity contribution < 1.29 is 28.7 Å². The summed E-state index contributed by atoms with van der Waals surface area (Å²) in [6.07, 6.45) is 2.94. The fourth-order valence-electron chi connectivity index (χ4n) is 5.69. The highest BCUT2D eigenvalue weighted by molar-refractivity contribution is 6.22. The summed E-state index contributed by atoms with van der Waals surface area (Å²) in [4.78, 5) is 63.1. The zero-order chi connectivity index (χ0) is 24.7. The molecule has 0 radical (unpaired) electrons. The molecule has 2 aliphatic carbocycles. The third-order valence-corrected chi connectivity index (χ3v) is 7.09. The van der Waals surface area contributed by atoms with Gasteiger partial charge in [0.1, 0.15) is 0 Å². The van der Waals surface area contributed by atoms with Crippen molar-refractivity contribution in [1.82, 2.24) is 0 Å². The number of hydrogen-bond donors (Lipinski definition) is 2. The Morgan fingerprint density at radius 2 is 1.51 bits per heavy atom. The predicted molar refractivity (Wildman–Crippen MR) is 126 cm³/mol. The number of rotatable bonds is 6. The normalized spacial score (nSPS) is 24.3. The van der Waals surface area contributed by atoms with Gasteiger partial charge in [0, 0.05) is 18.3 Å². The lowest BCUT2D eigenvalue weighted by atomic mass is 9.81. The van der Waals surface area contributed by atoms with E-state index in [0.717, 1.165) is 19.3 Å². The fraction of sp³-hybridized carbons (Fsp3) is 0.346. The molecular weight excluding hydrogens is 450 g/mol. The maximum Gasteiger partial charge on any atom is 0.338 e. The number of carbonyl (C=O) groups excluding carboxylic acids is 5. The van der Waals surface area contributed by atoms with Crippen molar-refractivity contribution in [2.24, 2.45) is 23.7 Å². The summed E-state index contributed by atoms with van der Waals surface area (Å²) in [6.45, 7) is 0.890. The summed E-state index contributed by atoms with van der Waals surface area (Å²) in [7, 11) is 0. The minimum Gasteiger partial charge on any atom is -0.452 e. The molecule has 3 fully saturated rings. The fourth-order valence-corrected chi connectivity index (χ4v) is 5.69. The Balaban J connectivity index is 1.20. The number of carbonyl (C=O) groups is 5. The summed E-state index contributed by atoms with van der Waals surface area (Å²) in [6, 6.07) is 12.7. The average molecular weight is 476 g/mol. The first kappa shape index (κ1) is 22.8. The number of amides is 4. The summed E-state index contributed by atoms with van der Waals surface area (Å²) >= 11 is 0. The molecule has 1 saturated heterocycles. The molecule has 2 aromatic rings. The molecule has 2 bridgehead atoms. The first-order valence-corrected chi connectivity index (χ1v) is 11.6. The van der Waals surface area contributed by atoms with Crippen LogP contribution in [0.25, 0.3) is 0 Å². The molecule has 9 heteroatoms. The summed E-state index contributed by atoms with van der Waals surface area (Å²) in [5.41, 5.74) is 1.57. The standard InChI is InChI=1S/C26H25N3O6/c1-14(30)27-18-7-9-19(10-8-18)28-21(31)13-35-26(34)17-3-2-4-20(12-17)29-24(32)22-15-5-6-16(11-15)23(22)25(29)33/h2-4,7-10,12,15-16,22-23H,5-6,11,13H2,1H3,(H,27,30)(H,28,31)/t15-,16-,22-,23+/m0/s1. The minimum absolute atomic E-state index is 0.149. The van der Waals surface area contributed by atoms with E-state index in [9.17, 15) is 24.0 Å². The third kappa shape index (κ3) is 4.29. The van der Waals surface area contributed by atoms with Crippen LogP contribution in [0.3, 0.4) is 0 Å². The lowest BCUT2D eigenvalue weighted by Crippen LogP contribution is -2.32. The van der Waals surface area contributed by atoms with Gasteiger partial charge in [0.15, 0.2) is 6.61 Å². The quantitative estimate of drug-likeness (QED) is 0.489. The van der Waals surface area contributed by atoms with Crippen LogP contribution in [-0.2, 0) is 23.9 Å². The zero-order valence-corrected chi connectivity index (χ0v) is 19.2. The molecule has 1 heterocycles. The summed E-state index contributed by atoms with van der Waals surface area (Å²) < 4.78 is 5.13. The molecule has 3 aliphatic rings. The van der Waals surface area contributed by atoms with Gasteiger partial charge in [-0.1, -0.05) is 6.07 Å². The number of hydrogen-bond acceptors (Lipinski definition) is 6. The molecule has 2 saturated carbocycles. The molecule has 9 nitrogen and oxygen atoms in total. The lowest BCUT2D eigenvalue weighted by molar-refractivity contribution is -0.123. The van der Waals surface area contributed by atoms with Gasteiger partial charge in [0.05, 0.1) is 23.1 Å². The molecule has 4 atom stereocenters. The second kappa shape index (κ2) is 8.98. The lowest BCUT2D eigenvalue weighted by Gasteiger charge is -2.19. The molecule has 2 N–H and O–H groups in total. The predicted octanol–water partition coefficient (Wildman–Crippen LogP) is 2.98. The van der Waals surface area contributed by atoms with Crippen molar-refractivity contribution >= 4 is 46.7 Å². The number of nitrogens with one attached hydrogen (secondary N) is 2. The molecule has 35 heavy (non-hydrogen) atoms. The van der Waals surface area contributed by atoms with E-state index in [0.29, 0.717) is 17.1 Å². The van der Waals surface area contributed by atoms with Gasteiger partial charge >= 0.3 is 5.97 Å². The van der Waals surface area contributed by atoms with Crippen molar-refractivity contribution in [3.8, 4) is 0 Å². The first-order chi connectivity index (χ1) is 16.8. The van der Waals surface area contributed by atoms with Gasteiger partial charge in [-0.15, -0.1) is 0 Å². The molecule has 0 unspecified atom stereocenters. The average Bonchev–Trinajstić information content (AvgIpc) is 3.52. The van der Waals surface area contributed by atoms with E-state index in [4.69, 9.17) is 4.74 Å². The topological polar surface area (TPSA) is 122 Å². The van der Waals surface area contributed by atoms with Gasteiger partial charge in [-0.2, -0.15) is 0 Å². The molecule has 0 spiro atoms. The maximum absolute atomic E-state index is 13.0. The van der Waals surface area contributed by atoms with Gasteiger partial charge in [-0.05, 0) is 73.6 Å². The van der Waals surface area contributed by atoms with E-state index < -0.39 is 18.5 Å². The number of benzene rings is 2. The number of imide groups is 1. The van der Waals surface area contributed by atoms with E-state index >= 15 is 0 Å². The van der Waals surface area contributed by atoms with Gasteiger partial charge < -0.3 is 15.4 Å². The van der Waals surface area contributed by atoms with Crippen LogP contribution >= 0.6 is 0 Å². The van der Waals surface area contributed by atoms with Crippen LogP contribution in [0.1, 0.15) is 36.5 Å². The van der Waals surface area contributed by atoms with Crippen LogP contribution in [0.5, 0.6) is 0 Å². The Morgan fingerprint density at radius 3 is 2.11 bits per heavy atom. The Labute approximate surface area is 201 Å².